The van der Waals surface area contributed by atoms with E-state index in [4.69, 9.17) is 11.6 Å². The van der Waals surface area contributed by atoms with Crippen LogP contribution in [0.25, 0.3) is 6.20 Å². The molecule has 1 heterocycles. The number of benzene rings is 2. The van der Waals surface area contributed by atoms with Gasteiger partial charge in [0.05, 0.1) is 11.3 Å². The average molecular weight is 532 g/mol. The third-order valence-corrected chi connectivity index (χ3v) is 7.22. The van der Waals surface area contributed by atoms with Gasteiger partial charge >= 0.3 is 0 Å². The number of hydrogen-bond acceptors (Lipinski definition) is 3. The van der Waals surface area contributed by atoms with Crippen LogP contribution in [0.15, 0.2) is 76.7 Å². The van der Waals surface area contributed by atoms with E-state index < -0.39 is 11.7 Å². The van der Waals surface area contributed by atoms with E-state index in [1.165, 1.54) is 32.9 Å². The fourth-order valence-electron chi connectivity index (χ4n) is 4.73. The predicted molar refractivity (Wildman–Crippen MR) is 153 cm³/mol. The molecule has 0 N–H and O–H groups in total. The molecule has 1 aliphatic carbocycles. The van der Waals surface area contributed by atoms with Crippen molar-refractivity contribution in [1.82, 2.24) is 9.47 Å². The number of pyridine rings is 1. The molecule has 2 aromatic carbocycles. The number of allylic oxidation sites excluding steroid dienone is 2. The summed E-state index contributed by atoms with van der Waals surface area (Å²) in [4.78, 5) is 31.4. The molecule has 0 radical (unpaired) electrons. The molecule has 1 aliphatic rings. The van der Waals surface area contributed by atoms with Gasteiger partial charge in [0, 0.05) is 37.8 Å². The Hall–Kier alpha value is -3.77. The number of rotatable bonds is 7. The molecule has 1 saturated carbocycles. The van der Waals surface area contributed by atoms with Crippen molar-refractivity contribution in [3.63, 3.8) is 0 Å². The summed E-state index contributed by atoms with van der Waals surface area (Å²) in [6.07, 6.45) is 7.29. The average Bonchev–Trinajstić information content (AvgIpc) is 3.68. The number of aromatic nitrogens is 1. The summed E-state index contributed by atoms with van der Waals surface area (Å²) in [6.45, 7) is 5.74. The highest BCUT2D eigenvalue weighted by molar-refractivity contribution is 6.31. The Kier molecular flexibility index (Phi) is 8.12. The molecule has 1 amide bonds. The highest BCUT2D eigenvalue weighted by atomic mass is 35.5. The standard InChI is InChI=1S/C31H31ClFN3O2/c1-6-15-34-27(22-12-9-13-23(29(22)33)30(37)35(4)5)14-16-36-20(3)17-26(28(32)31(36)38)25-18-24(25)21-11-8-7-10-19(21)2/h6-17,24-25H,18H2,1-5H3/b15-6+,16-14+,34-27-. The van der Waals surface area contributed by atoms with Crippen molar-refractivity contribution in [2.75, 3.05) is 14.1 Å². The second-order valence-electron chi connectivity index (χ2n) is 9.71. The summed E-state index contributed by atoms with van der Waals surface area (Å²) < 4.78 is 16.8. The molecule has 196 valence electrons. The molecule has 0 bridgehead atoms. The minimum absolute atomic E-state index is 0.0533. The predicted octanol–water partition coefficient (Wildman–Crippen LogP) is 6.72. The Morgan fingerprint density at radius 3 is 2.45 bits per heavy atom. The maximum atomic E-state index is 15.4. The topological polar surface area (TPSA) is 54.7 Å². The molecule has 5 nitrogen and oxygen atoms in total. The monoisotopic (exact) mass is 531 g/mol. The summed E-state index contributed by atoms with van der Waals surface area (Å²) in [5.41, 5.74) is 4.12. The number of carbonyl (C=O) groups is 1. The lowest BCUT2D eigenvalue weighted by Gasteiger charge is -2.13. The molecule has 0 aliphatic heterocycles. The van der Waals surface area contributed by atoms with Crippen LogP contribution in [0.3, 0.4) is 0 Å². The van der Waals surface area contributed by atoms with Gasteiger partial charge in [-0.25, -0.2) is 4.39 Å². The zero-order valence-corrected chi connectivity index (χ0v) is 23.0. The van der Waals surface area contributed by atoms with Crippen LogP contribution in [0.1, 0.15) is 63.5 Å². The van der Waals surface area contributed by atoms with Crippen molar-refractivity contribution in [3.05, 3.63) is 122 Å². The molecule has 0 spiro atoms. The largest absolute Gasteiger partial charge is 0.345 e. The molecular formula is C31H31ClFN3O2. The quantitative estimate of drug-likeness (QED) is 0.318. The van der Waals surface area contributed by atoms with E-state index in [9.17, 15) is 9.59 Å². The Morgan fingerprint density at radius 1 is 1.08 bits per heavy atom. The SMILES string of the molecule is C/C=C/N=C(/C=C/n1c(C)cc(C2CC2c2ccccc2C)c(Cl)c1=O)c1cccc(C(=O)N(C)C)c1F. The summed E-state index contributed by atoms with van der Waals surface area (Å²) in [7, 11) is 3.13. The van der Waals surface area contributed by atoms with Crippen LogP contribution < -0.4 is 5.56 Å². The zero-order chi connectivity index (χ0) is 27.6. The van der Waals surface area contributed by atoms with Crippen molar-refractivity contribution >= 4 is 29.4 Å². The van der Waals surface area contributed by atoms with Gasteiger partial charge in [0.1, 0.15) is 10.8 Å². The van der Waals surface area contributed by atoms with Gasteiger partial charge in [0.25, 0.3) is 11.5 Å². The molecular weight excluding hydrogens is 501 g/mol. The normalized spacial score (nSPS) is 17.4. The fraction of sp³-hybridized carbons (Fsp3) is 0.258. The van der Waals surface area contributed by atoms with Crippen LogP contribution in [0.2, 0.25) is 5.02 Å². The van der Waals surface area contributed by atoms with E-state index in [1.807, 2.05) is 25.1 Å². The van der Waals surface area contributed by atoms with E-state index >= 15 is 4.39 Å². The van der Waals surface area contributed by atoms with Crippen LogP contribution in [-0.2, 0) is 0 Å². The van der Waals surface area contributed by atoms with Crippen LogP contribution in [0, 0.1) is 19.7 Å². The van der Waals surface area contributed by atoms with Crippen LogP contribution >= 0.6 is 11.6 Å². The van der Waals surface area contributed by atoms with Crippen LogP contribution in [-0.4, -0.2) is 35.2 Å². The number of amides is 1. The van der Waals surface area contributed by atoms with Gasteiger partial charge in [-0.05, 0) is 80.0 Å². The van der Waals surface area contributed by atoms with E-state index in [0.717, 1.165) is 12.0 Å². The molecule has 1 aromatic heterocycles. The lowest BCUT2D eigenvalue weighted by molar-refractivity contribution is 0.0823. The third-order valence-electron chi connectivity index (χ3n) is 6.84. The first-order chi connectivity index (χ1) is 18.1. The zero-order valence-electron chi connectivity index (χ0n) is 22.2. The lowest BCUT2D eigenvalue weighted by atomic mass is 10.0. The third kappa shape index (κ3) is 5.41. The second-order valence-corrected chi connectivity index (χ2v) is 10.1. The van der Waals surface area contributed by atoms with Crippen LogP contribution in [0.5, 0.6) is 0 Å². The number of nitrogens with zero attached hydrogens (tertiary/aromatic N) is 3. The highest BCUT2D eigenvalue weighted by Gasteiger charge is 2.42. The molecule has 7 heteroatoms. The number of halogens is 2. The highest BCUT2D eigenvalue weighted by Crippen LogP contribution is 2.56. The maximum Gasteiger partial charge on any atom is 0.273 e. The minimum Gasteiger partial charge on any atom is -0.345 e. The Labute approximate surface area is 227 Å². The molecule has 3 aromatic rings. The molecule has 38 heavy (non-hydrogen) atoms. The smallest absolute Gasteiger partial charge is 0.273 e. The second kappa shape index (κ2) is 11.3. The van der Waals surface area contributed by atoms with E-state index in [2.05, 4.69) is 24.0 Å². The Balaban J connectivity index is 1.69. The van der Waals surface area contributed by atoms with Gasteiger partial charge in [-0.2, -0.15) is 0 Å². The lowest BCUT2D eigenvalue weighted by Crippen LogP contribution is -2.23. The molecule has 1 fully saturated rings. The fourth-order valence-corrected chi connectivity index (χ4v) is 5.01. The molecule has 0 saturated heterocycles. The summed E-state index contributed by atoms with van der Waals surface area (Å²) in [5.74, 6) is -0.574. The van der Waals surface area contributed by atoms with Crippen molar-refractivity contribution in [1.29, 1.82) is 0 Å². The summed E-state index contributed by atoms with van der Waals surface area (Å²) in [6, 6.07) is 14.9. The number of carbonyl (C=O) groups excluding carboxylic acids is 1. The molecule has 2 atom stereocenters. The van der Waals surface area contributed by atoms with E-state index in [0.29, 0.717) is 11.6 Å². The minimum atomic E-state index is -0.674. The van der Waals surface area contributed by atoms with Gasteiger partial charge < -0.3 is 4.90 Å². The summed E-state index contributed by atoms with van der Waals surface area (Å²) >= 11 is 6.61. The first kappa shape index (κ1) is 27.3. The maximum absolute atomic E-state index is 15.4. The number of aryl methyl sites for hydroxylation is 2. The van der Waals surface area contributed by atoms with Gasteiger partial charge in [-0.15, -0.1) is 0 Å². The Bertz CT molecular complexity index is 1530. The van der Waals surface area contributed by atoms with E-state index in [-0.39, 0.29) is 33.3 Å². The first-order valence-corrected chi connectivity index (χ1v) is 12.9. The Morgan fingerprint density at radius 2 is 1.76 bits per heavy atom. The van der Waals surface area contributed by atoms with E-state index in [1.54, 1.807) is 51.5 Å². The molecule has 2 unspecified atom stereocenters. The number of hydrogen-bond donors (Lipinski definition) is 0. The van der Waals surface area contributed by atoms with Crippen molar-refractivity contribution in [2.24, 2.45) is 4.99 Å². The van der Waals surface area contributed by atoms with Gasteiger partial charge in [0.15, 0.2) is 0 Å². The van der Waals surface area contributed by atoms with Crippen molar-refractivity contribution in [2.45, 2.75) is 39.0 Å². The molecule has 4 rings (SSSR count). The van der Waals surface area contributed by atoms with Gasteiger partial charge in [-0.3, -0.25) is 19.1 Å². The van der Waals surface area contributed by atoms with Crippen molar-refractivity contribution in [3.8, 4) is 0 Å². The number of aliphatic imine (C=N–C) groups is 1. The first-order valence-electron chi connectivity index (χ1n) is 12.5. The summed E-state index contributed by atoms with van der Waals surface area (Å²) in [5, 5.41) is 0.193. The van der Waals surface area contributed by atoms with Gasteiger partial charge in [0.2, 0.25) is 0 Å². The van der Waals surface area contributed by atoms with Crippen LogP contribution in [0.4, 0.5) is 4.39 Å². The van der Waals surface area contributed by atoms with Gasteiger partial charge in [-0.1, -0.05) is 48.0 Å². The van der Waals surface area contributed by atoms with Crippen molar-refractivity contribution < 1.29 is 9.18 Å².